The molecule has 3 aromatic rings. The zero-order valence-corrected chi connectivity index (χ0v) is 14.8. The van der Waals surface area contributed by atoms with Gasteiger partial charge in [0.25, 0.3) is 0 Å². The lowest BCUT2D eigenvalue weighted by atomic mass is 10.2. The lowest BCUT2D eigenvalue weighted by Gasteiger charge is -2.15. The Hall–Kier alpha value is -2.60. The smallest absolute Gasteiger partial charge is 0.398 e. The number of nitrogens with one attached hydrogen (secondary N) is 1. The van der Waals surface area contributed by atoms with Gasteiger partial charge in [0.2, 0.25) is 0 Å². The van der Waals surface area contributed by atoms with E-state index in [2.05, 4.69) is 5.32 Å². The van der Waals surface area contributed by atoms with Crippen LogP contribution in [0.1, 0.15) is 11.1 Å². The van der Waals surface area contributed by atoms with Gasteiger partial charge in [0.1, 0.15) is 0 Å². The third-order valence-corrected chi connectivity index (χ3v) is 4.95. The molecule has 0 bridgehead atoms. The fourth-order valence-electron chi connectivity index (χ4n) is 2.39. The van der Waals surface area contributed by atoms with Crippen molar-refractivity contribution in [2.24, 2.45) is 0 Å². The van der Waals surface area contributed by atoms with Gasteiger partial charge in [-0.05, 0) is 55.5 Å². The third kappa shape index (κ3) is 4.32. The Bertz CT molecular complexity index is 888. The maximum Gasteiger partial charge on any atom is 0.416 e. The zero-order valence-electron chi connectivity index (χ0n) is 14.0. The average molecular weight is 374 g/mol. The molecule has 0 aliphatic carbocycles. The Morgan fingerprint density at radius 3 is 2.15 bits per heavy atom. The molecule has 3 aromatic carbocycles. The van der Waals surface area contributed by atoms with E-state index in [0.29, 0.717) is 11.4 Å². The Morgan fingerprint density at radius 2 is 1.54 bits per heavy atom. The first-order chi connectivity index (χ1) is 12.3. The van der Waals surface area contributed by atoms with Crippen molar-refractivity contribution in [3.8, 4) is 0 Å². The van der Waals surface area contributed by atoms with Gasteiger partial charge in [0, 0.05) is 16.3 Å². The number of halogens is 3. The van der Waals surface area contributed by atoms with Crippen LogP contribution in [-0.2, 0) is 6.18 Å². The number of alkyl halides is 3. The molecular formula is C20H17F3N2S. The molecule has 26 heavy (non-hydrogen) atoms. The van der Waals surface area contributed by atoms with Crippen molar-refractivity contribution in [2.45, 2.75) is 22.9 Å². The summed E-state index contributed by atoms with van der Waals surface area (Å²) in [6.07, 6.45) is -4.35. The normalized spacial score (nSPS) is 11.4. The van der Waals surface area contributed by atoms with Crippen molar-refractivity contribution in [1.29, 1.82) is 0 Å². The quantitative estimate of drug-likeness (QED) is 0.513. The van der Waals surface area contributed by atoms with E-state index in [1.165, 1.54) is 29.5 Å². The van der Waals surface area contributed by atoms with Crippen LogP contribution in [0.2, 0.25) is 0 Å². The number of benzene rings is 3. The number of nitrogen functional groups attached to an aromatic ring is 1. The molecule has 0 aliphatic rings. The fourth-order valence-corrected chi connectivity index (χ4v) is 3.31. The Labute approximate surface area is 154 Å². The Balaban J connectivity index is 1.86. The highest BCUT2D eigenvalue weighted by atomic mass is 32.2. The molecular weight excluding hydrogens is 357 g/mol. The van der Waals surface area contributed by atoms with E-state index in [1.807, 2.05) is 37.3 Å². The van der Waals surface area contributed by atoms with E-state index in [-0.39, 0.29) is 0 Å². The summed E-state index contributed by atoms with van der Waals surface area (Å²) in [5, 5.41) is 3.16. The average Bonchev–Trinajstić information content (AvgIpc) is 2.59. The molecule has 0 unspecified atom stereocenters. The minimum atomic E-state index is -4.35. The highest BCUT2D eigenvalue weighted by Gasteiger charge is 2.29. The summed E-state index contributed by atoms with van der Waals surface area (Å²) in [6, 6.07) is 18.4. The second kappa shape index (κ2) is 7.33. The molecule has 0 saturated carbocycles. The van der Waals surface area contributed by atoms with Gasteiger partial charge in [-0.15, -0.1) is 0 Å². The van der Waals surface area contributed by atoms with E-state index >= 15 is 0 Å². The monoisotopic (exact) mass is 374 g/mol. The standard InChI is InChI=1S/C20H17F3N2S/c1-13-5-11-16(12-6-13)26-19-17(24)3-2-4-18(19)25-15-9-7-14(8-10-15)20(21,22)23/h2-12,25H,24H2,1H3. The molecule has 0 amide bonds. The van der Waals surface area contributed by atoms with E-state index in [0.717, 1.165) is 27.6 Å². The highest BCUT2D eigenvalue weighted by molar-refractivity contribution is 7.99. The second-order valence-electron chi connectivity index (χ2n) is 5.84. The summed E-state index contributed by atoms with van der Waals surface area (Å²) in [7, 11) is 0. The molecule has 2 nitrogen and oxygen atoms in total. The van der Waals surface area contributed by atoms with Crippen molar-refractivity contribution in [1.82, 2.24) is 0 Å². The third-order valence-electron chi connectivity index (χ3n) is 3.78. The maximum atomic E-state index is 12.7. The van der Waals surface area contributed by atoms with Crippen LogP contribution in [0.3, 0.4) is 0 Å². The molecule has 0 heterocycles. The SMILES string of the molecule is Cc1ccc(Sc2c(N)cccc2Nc2ccc(C(F)(F)F)cc2)cc1. The van der Waals surface area contributed by atoms with Crippen LogP contribution in [0.25, 0.3) is 0 Å². The first kappa shape index (κ1) is 18.2. The van der Waals surface area contributed by atoms with Crippen LogP contribution < -0.4 is 11.1 Å². The minimum Gasteiger partial charge on any atom is -0.398 e. The minimum absolute atomic E-state index is 0.564. The van der Waals surface area contributed by atoms with Crippen LogP contribution in [0.4, 0.5) is 30.2 Å². The molecule has 0 aliphatic heterocycles. The van der Waals surface area contributed by atoms with Gasteiger partial charge < -0.3 is 11.1 Å². The van der Waals surface area contributed by atoms with Gasteiger partial charge in [-0.3, -0.25) is 0 Å². The van der Waals surface area contributed by atoms with Gasteiger partial charge in [0.05, 0.1) is 16.1 Å². The van der Waals surface area contributed by atoms with Crippen LogP contribution in [0.15, 0.2) is 76.5 Å². The molecule has 0 aromatic heterocycles. The Morgan fingerprint density at radius 1 is 0.885 bits per heavy atom. The van der Waals surface area contributed by atoms with E-state index < -0.39 is 11.7 Å². The first-order valence-corrected chi connectivity index (χ1v) is 8.72. The summed E-state index contributed by atoms with van der Waals surface area (Å²) in [4.78, 5) is 1.86. The summed E-state index contributed by atoms with van der Waals surface area (Å²) in [6.45, 7) is 2.02. The van der Waals surface area contributed by atoms with Crippen molar-refractivity contribution < 1.29 is 13.2 Å². The van der Waals surface area contributed by atoms with Crippen LogP contribution >= 0.6 is 11.8 Å². The first-order valence-electron chi connectivity index (χ1n) is 7.90. The number of anilines is 3. The highest BCUT2D eigenvalue weighted by Crippen LogP contribution is 2.39. The predicted octanol–water partition coefficient (Wildman–Crippen LogP) is 6.49. The van der Waals surface area contributed by atoms with E-state index in [9.17, 15) is 13.2 Å². The number of hydrogen-bond donors (Lipinski definition) is 2. The number of hydrogen-bond acceptors (Lipinski definition) is 3. The summed E-state index contributed by atoms with van der Waals surface area (Å²) in [5.74, 6) is 0. The van der Waals surface area contributed by atoms with Crippen LogP contribution in [-0.4, -0.2) is 0 Å². The van der Waals surface area contributed by atoms with Gasteiger partial charge in [-0.2, -0.15) is 13.2 Å². The molecule has 0 fully saturated rings. The van der Waals surface area contributed by atoms with E-state index in [4.69, 9.17) is 5.73 Å². The number of aryl methyl sites for hydroxylation is 1. The molecule has 0 radical (unpaired) electrons. The van der Waals surface area contributed by atoms with Crippen molar-refractivity contribution in [3.05, 3.63) is 77.9 Å². The molecule has 6 heteroatoms. The molecule has 0 atom stereocenters. The van der Waals surface area contributed by atoms with Crippen LogP contribution in [0, 0.1) is 6.92 Å². The van der Waals surface area contributed by atoms with Crippen molar-refractivity contribution in [3.63, 3.8) is 0 Å². The molecule has 3 N–H and O–H groups in total. The molecule has 0 saturated heterocycles. The van der Waals surface area contributed by atoms with E-state index in [1.54, 1.807) is 12.1 Å². The van der Waals surface area contributed by atoms with Gasteiger partial charge in [-0.25, -0.2) is 0 Å². The topological polar surface area (TPSA) is 38.0 Å². The molecule has 3 rings (SSSR count). The predicted molar refractivity (Wildman–Crippen MR) is 101 cm³/mol. The largest absolute Gasteiger partial charge is 0.416 e. The second-order valence-corrected chi connectivity index (χ2v) is 6.92. The molecule has 134 valence electrons. The lowest BCUT2D eigenvalue weighted by Crippen LogP contribution is -2.04. The maximum absolute atomic E-state index is 12.7. The summed E-state index contributed by atoms with van der Waals surface area (Å²) < 4.78 is 38.1. The number of rotatable bonds is 4. The van der Waals surface area contributed by atoms with Gasteiger partial charge in [-0.1, -0.05) is 35.5 Å². The Kier molecular flexibility index (Phi) is 5.13. The molecule has 0 spiro atoms. The lowest BCUT2D eigenvalue weighted by molar-refractivity contribution is -0.137. The van der Waals surface area contributed by atoms with Crippen molar-refractivity contribution >= 4 is 28.8 Å². The zero-order chi connectivity index (χ0) is 18.7. The van der Waals surface area contributed by atoms with Crippen molar-refractivity contribution in [2.75, 3.05) is 11.1 Å². The van der Waals surface area contributed by atoms with Crippen LogP contribution in [0.5, 0.6) is 0 Å². The summed E-state index contributed by atoms with van der Waals surface area (Å²) >= 11 is 1.51. The van der Waals surface area contributed by atoms with Gasteiger partial charge in [0.15, 0.2) is 0 Å². The van der Waals surface area contributed by atoms with Gasteiger partial charge >= 0.3 is 6.18 Å². The fraction of sp³-hybridized carbons (Fsp3) is 0.100. The summed E-state index contributed by atoms with van der Waals surface area (Å²) in [5.41, 5.74) is 8.53. The number of nitrogens with two attached hydrogens (primary N) is 1.